The number of carbonyl (C=O) groups is 1. The Morgan fingerprint density at radius 3 is 2.89 bits per heavy atom. The summed E-state index contributed by atoms with van der Waals surface area (Å²) >= 11 is 0. The summed E-state index contributed by atoms with van der Waals surface area (Å²) in [5, 5.41) is 18.3. The largest absolute Gasteiger partial charge is 0.377 e. The van der Waals surface area contributed by atoms with Crippen molar-refractivity contribution in [1.29, 1.82) is 0 Å². The molecule has 4 heterocycles. The van der Waals surface area contributed by atoms with Crippen LogP contribution >= 0.6 is 0 Å². The number of urea groups is 1. The average molecular weight is 375 g/mol. The topological polar surface area (TPSA) is 108 Å². The average Bonchev–Trinajstić information content (AvgIpc) is 3.41. The Bertz CT molecular complexity index is 760. The lowest BCUT2D eigenvalue weighted by Gasteiger charge is -2.23. The third-order valence-corrected chi connectivity index (χ3v) is 5.04. The number of nitrogens with one attached hydrogen (secondary N) is 2. The number of hydrogen-bond donors (Lipinski definition) is 2. The van der Waals surface area contributed by atoms with Gasteiger partial charge in [-0.3, -0.25) is 4.68 Å². The molecule has 0 spiro atoms. The van der Waals surface area contributed by atoms with Crippen LogP contribution in [0.4, 0.5) is 4.79 Å². The Kier molecular flexibility index (Phi) is 5.08. The predicted octanol–water partition coefficient (Wildman–Crippen LogP) is 0.825. The van der Waals surface area contributed by atoms with Crippen molar-refractivity contribution in [1.82, 2.24) is 35.4 Å². The number of amides is 2. The van der Waals surface area contributed by atoms with E-state index in [2.05, 4.69) is 39.9 Å². The number of nitrogens with zero attached hydrogens (tertiary/aromatic N) is 5. The first-order chi connectivity index (χ1) is 13.1. The van der Waals surface area contributed by atoms with Crippen molar-refractivity contribution >= 4 is 6.03 Å². The third kappa shape index (κ3) is 3.81. The van der Waals surface area contributed by atoms with Crippen molar-refractivity contribution in [2.75, 3.05) is 19.8 Å². The molecule has 2 aliphatic rings. The minimum absolute atomic E-state index is 0.0573. The molecule has 4 rings (SSSR count). The van der Waals surface area contributed by atoms with Gasteiger partial charge in [0, 0.05) is 30.6 Å². The second kappa shape index (κ2) is 7.65. The van der Waals surface area contributed by atoms with Gasteiger partial charge in [0.15, 0.2) is 0 Å². The first kappa shape index (κ1) is 17.9. The second-order valence-corrected chi connectivity index (χ2v) is 7.25. The number of aromatic nitrogens is 5. The fraction of sp³-hybridized carbons (Fsp3) is 0.647. The molecule has 2 fully saturated rings. The van der Waals surface area contributed by atoms with E-state index in [1.54, 1.807) is 17.1 Å². The van der Waals surface area contributed by atoms with Gasteiger partial charge in [0.25, 0.3) is 0 Å². The van der Waals surface area contributed by atoms with E-state index in [0.29, 0.717) is 19.8 Å². The van der Waals surface area contributed by atoms with Crippen molar-refractivity contribution in [3.8, 4) is 0 Å². The van der Waals surface area contributed by atoms with Crippen LogP contribution in [0, 0.1) is 0 Å². The minimum Gasteiger partial charge on any atom is -0.377 e. The van der Waals surface area contributed by atoms with Crippen molar-refractivity contribution in [2.24, 2.45) is 0 Å². The molecule has 0 unspecified atom stereocenters. The van der Waals surface area contributed by atoms with Crippen LogP contribution in [-0.2, 0) is 9.47 Å². The zero-order chi connectivity index (χ0) is 18.8. The molecular formula is C17H25N7O3. The second-order valence-electron chi connectivity index (χ2n) is 7.25. The SMILES string of the molecule is CC(C)n1cc([C@@H]2OCC[C@H]2NC(=O)N[C@H]2COC[C@H]2n2ccnn2)cn1. The molecule has 0 aromatic carbocycles. The summed E-state index contributed by atoms with van der Waals surface area (Å²) in [6.45, 7) is 5.70. The van der Waals surface area contributed by atoms with Crippen LogP contribution in [-0.4, -0.2) is 62.7 Å². The maximum absolute atomic E-state index is 12.6. The van der Waals surface area contributed by atoms with E-state index in [1.165, 1.54) is 0 Å². The molecule has 0 aliphatic carbocycles. The highest BCUT2D eigenvalue weighted by molar-refractivity contribution is 5.74. The fourth-order valence-corrected chi connectivity index (χ4v) is 3.56. The number of carbonyl (C=O) groups excluding carboxylic acids is 1. The number of hydrogen-bond acceptors (Lipinski definition) is 6. The molecule has 146 valence electrons. The maximum atomic E-state index is 12.6. The molecule has 10 nitrogen and oxygen atoms in total. The highest BCUT2D eigenvalue weighted by Gasteiger charge is 2.35. The Morgan fingerprint density at radius 2 is 2.15 bits per heavy atom. The van der Waals surface area contributed by atoms with Gasteiger partial charge in [-0.05, 0) is 20.3 Å². The van der Waals surface area contributed by atoms with E-state index in [9.17, 15) is 4.79 Å². The quantitative estimate of drug-likeness (QED) is 0.801. The van der Waals surface area contributed by atoms with Crippen molar-refractivity contribution in [3.05, 3.63) is 30.4 Å². The van der Waals surface area contributed by atoms with Gasteiger partial charge in [-0.15, -0.1) is 5.10 Å². The monoisotopic (exact) mass is 375 g/mol. The highest BCUT2D eigenvalue weighted by Crippen LogP contribution is 2.29. The van der Waals surface area contributed by atoms with Crippen molar-refractivity contribution < 1.29 is 14.3 Å². The van der Waals surface area contributed by atoms with Crippen LogP contribution < -0.4 is 10.6 Å². The van der Waals surface area contributed by atoms with Gasteiger partial charge in [0.1, 0.15) is 6.10 Å². The molecular weight excluding hydrogens is 350 g/mol. The van der Waals surface area contributed by atoms with Crippen LogP contribution in [0.2, 0.25) is 0 Å². The fourth-order valence-electron chi connectivity index (χ4n) is 3.56. The summed E-state index contributed by atoms with van der Waals surface area (Å²) in [5.74, 6) is 0. The molecule has 2 N–H and O–H groups in total. The molecule has 4 atom stereocenters. The molecule has 2 aromatic heterocycles. The minimum atomic E-state index is -0.229. The van der Waals surface area contributed by atoms with E-state index in [-0.39, 0.29) is 36.3 Å². The van der Waals surface area contributed by atoms with Gasteiger partial charge >= 0.3 is 6.03 Å². The predicted molar refractivity (Wildman–Crippen MR) is 95.0 cm³/mol. The summed E-state index contributed by atoms with van der Waals surface area (Å²) in [5.41, 5.74) is 0.983. The first-order valence-corrected chi connectivity index (χ1v) is 9.28. The highest BCUT2D eigenvalue weighted by atomic mass is 16.5. The summed E-state index contributed by atoms with van der Waals surface area (Å²) in [6.07, 6.45) is 7.77. The normalized spacial score (nSPS) is 28.0. The summed E-state index contributed by atoms with van der Waals surface area (Å²) in [6, 6.07) is -0.255. The standard InChI is InChI=1S/C17H25N7O3/c1-11(2)24-8-12(7-19-24)16-13(3-6-27-16)20-17(25)21-14-9-26-10-15(14)23-5-4-18-22-23/h4-5,7-8,11,13-16H,3,6,9-10H2,1-2H3,(H2,20,21,25)/t13-,14+,15-,16+/m1/s1. The lowest BCUT2D eigenvalue weighted by molar-refractivity contribution is 0.0996. The molecule has 10 heteroatoms. The van der Waals surface area contributed by atoms with Crippen molar-refractivity contribution in [2.45, 2.75) is 50.5 Å². The Labute approximate surface area is 157 Å². The molecule has 27 heavy (non-hydrogen) atoms. The van der Waals surface area contributed by atoms with Crippen LogP contribution in [0.25, 0.3) is 0 Å². The van der Waals surface area contributed by atoms with E-state index < -0.39 is 0 Å². The summed E-state index contributed by atoms with van der Waals surface area (Å²) < 4.78 is 15.0. The van der Waals surface area contributed by atoms with Gasteiger partial charge in [0.2, 0.25) is 0 Å². The molecule has 0 bridgehead atoms. The summed E-state index contributed by atoms with van der Waals surface area (Å²) in [7, 11) is 0. The molecule has 0 saturated carbocycles. The van der Waals surface area contributed by atoms with Gasteiger partial charge < -0.3 is 20.1 Å². The summed E-state index contributed by atoms with van der Waals surface area (Å²) in [4.78, 5) is 12.6. The molecule has 2 aromatic rings. The lowest BCUT2D eigenvalue weighted by atomic mass is 10.1. The molecule has 2 amide bonds. The first-order valence-electron chi connectivity index (χ1n) is 9.28. The zero-order valence-electron chi connectivity index (χ0n) is 15.5. The van der Waals surface area contributed by atoms with Crippen LogP contribution in [0.5, 0.6) is 0 Å². The van der Waals surface area contributed by atoms with E-state index in [4.69, 9.17) is 9.47 Å². The maximum Gasteiger partial charge on any atom is 0.315 e. The third-order valence-electron chi connectivity index (χ3n) is 5.04. The van der Waals surface area contributed by atoms with Gasteiger partial charge in [-0.25, -0.2) is 9.48 Å². The van der Waals surface area contributed by atoms with E-state index in [1.807, 2.05) is 17.1 Å². The van der Waals surface area contributed by atoms with Crippen LogP contribution in [0.15, 0.2) is 24.8 Å². The molecule has 2 aliphatic heterocycles. The van der Waals surface area contributed by atoms with E-state index >= 15 is 0 Å². The molecule has 0 radical (unpaired) electrons. The van der Waals surface area contributed by atoms with Crippen molar-refractivity contribution in [3.63, 3.8) is 0 Å². The van der Waals surface area contributed by atoms with Crippen LogP contribution in [0.1, 0.15) is 44.0 Å². The van der Waals surface area contributed by atoms with Gasteiger partial charge in [-0.1, -0.05) is 5.21 Å². The van der Waals surface area contributed by atoms with E-state index in [0.717, 1.165) is 12.0 Å². The Hall–Kier alpha value is -2.46. The number of rotatable bonds is 5. The zero-order valence-corrected chi connectivity index (χ0v) is 15.5. The Morgan fingerprint density at radius 1 is 1.30 bits per heavy atom. The van der Waals surface area contributed by atoms with Gasteiger partial charge in [-0.2, -0.15) is 5.10 Å². The lowest BCUT2D eigenvalue weighted by Crippen LogP contribution is -2.49. The Balaban J connectivity index is 1.37. The van der Waals surface area contributed by atoms with Gasteiger partial charge in [0.05, 0.1) is 43.7 Å². The number of ether oxygens (including phenoxy) is 2. The smallest absolute Gasteiger partial charge is 0.315 e. The van der Waals surface area contributed by atoms with Crippen LogP contribution in [0.3, 0.4) is 0 Å². The molecule has 2 saturated heterocycles.